The fourth-order valence-electron chi connectivity index (χ4n) is 2.24. The summed E-state index contributed by atoms with van der Waals surface area (Å²) in [5.41, 5.74) is 1.84. The van der Waals surface area contributed by atoms with Gasteiger partial charge in [0.25, 0.3) is 5.91 Å². The zero-order valence-corrected chi connectivity index (χ0v) is 12.8. The number of benzene rings is 1. The number of amides is 1. The molecule has 0 radical (unpaired) electrons. The minimum atomic E-state index is -0.538. The number of fused-ring (bicyclic) bond motifs is 1. The highest BCUT2D eigenvalue weighted by Crippen LogP contribution is 2.15. The van der Waals surface area contributed by atoms with Crippen molar-refractivity contribution >= 4 is 23.2 Å². The van der Waals surface area contributed by atoms with Crippen molar-refractivity contribution < 1.29 is 9.72 Å². The first-order valence-electron chi connectivity index (χ1n) is 7.12. The van der Waals surface area contributed by atoms with Gasteiger partial charge < -0.3 is 20.7 Å². The highest BCUT2D eigenvalue weighted by Gasteiger charge is 2.15. The molecular formula is C15H14N6O3. The van der Waals surface area contributed by atoms with Crippen molar-refractivity contribution in [3.63, 3.8) is 0 Å². The molecule has 0 saturated carbocycles. The average Bonchev–Trinajstić information content (AvgIpc) is 3.03. The second-order valence-electron chi connectivity index (χ2n) is 5.00. The Morgan fingerprint density at radius 3 is 2.92 bits per heavy atom. The zero-order valence-electron chi connectivity index (χ0n) is 12.8. The predicted octanol–water partition coefficient (Wildman–Crippen LogP) is 1.61. The van der Waals surface area contributed by atoms with Crippen LogP contribution in [-0.4, -0.2) is 32.5 Å². The molecule has 122 valence electrons. The molecule has 2 N–H and O–H groups in total. The monoisotopic (exact) mass is 326 g/mol. The molecule has 9 nitrogen and oxygen atoms in total. The maximum atomic E-state index is 11.6. The van der Waals surface area contributed by atoms with E-state index in [0.29, 0.717) is 23.6 Å². The molecule has 24 heavy (non-hydrogen) atoms. The van der Waals surface area contributed by atoms with Crippen LogP contribution in [0.4, 0.5) is 11.6 Å². The van der Waals surface area contributed by atoms with Gasteiger partial charge >= 0.3 is 5.82 Å². The van der Waals surface area contributed by atoms with E-state index in [4.69, 9.17) is 0 Å². The van der Waals surface area contributed by atoms with Gasteiger partial charge in [-0.25, -0.2) is 4.98 Å². The predicted molar refractivity (Wildman–Crippen MR) is 86.8 cm³/mol. The summed E-state index contributed by atoms with van der Waals surface area (Å²) in [6, 6.07) is 10.5. The van der Waals surface area contributed by atoms with Gasteiger partial charge in [-0.15, -0.1) is 0 Å². The van der Waals surface area contributed by atoms with E-state index in [2.05, 4.69) is 20.7 Å². The van der Waals surface area contributed by atoms with E-state index in [-0.39, 0.29) is 11.7 Å². The largest absolute Gasteiger partial charge is 0.368 e. The molecule has 0 saturated heterocycles. The van der Waals surface area contributed by atoms with E-state index in [1.807, 2.05) is 6.07 Å². The van der Waals surface area contributed by atoms with Gasteiger partial charge in [-0.05, 0) is 28.7 Å². The Bertz CT molecular complexity index is 920. The second-order valence-corrected chi connectivity index (χ2v) is 5.00. The number of imidazole rings is 1. The number of anilines is 1. The first-order chi connectivity index (χ1) is 11.6. The summed E-state index contributed by atoms with van der Waals surface area (Å²) in [6.45, 7) is 0.422. The van der Waals surface area contributed by atoms with Crippen LogP contribution in [0.1, 0.15) is 15.9 Å². The van der Waals surface area contributed by atoms with Crippen LogP contribution in [0.25, 0.3) is 5.65 Å². The van der Waals surface area contributed by atoms with Crippen LogP contribution in [0, 0.1) is 10.1 Å². The summed E-state index contributed by atoms with van der Waals surface area (Å²) in [5.74, 6) is 0.106. The summed E-state index contributed by atoms with van der Waals surface area (Å²) in [5, 5.41) is 20.8. The average molecular weight is 326 g/mol. The lowest BCUT2D eigenvalue weighted by Gasteiger charge is -2.06. The smallest absolute Gasteiger partial charge is 0.363 e. The Hall–Kier alpha value is -3.49. The quantitative estimate of drug-likeness (QED) is 0.544. The number of hydrogen-bond donors (Lipinski definition) is 2. The lowest BCUT2D eigenvalue weighted by atomic mass is 10.1. The molecule has 1 amide bonds. The highest BCUT2D eigenvalue weighted by atomic mass is 16.6. The summed E-state index contributed by atoms with van der Waals surface area (Å²) >= 11 is 0. The number of nitrogens with one attached hydrogen (secondary N) is 2. The van der Waals surface area contributed by atoms with Crippen molar-refractivity contribution in [2.45, 2.75) is 6.54 Å². The third-order valence-electron chi connectivity index (χ3n) is 3.42. The topological polar surface area (TPSA) is 114 Å². The summed E-state index contributed by atoms with van der Waals surface area (Å²) < 4.78 is 1.17. The molecule has 2 aromatic heterocycles. The van der Waals surface area contributed by atoms with E-state index >= 15 is 0 Å². The molecule has 0 aliphatic carbocycles. The Labute approximate surface area is 136 Å². The number of rotatable bonds is 5. The van der Waals surface area contributed by atoms with Crippen LogP contribution in [0.5, 0.6) is 0 Å². The Balaban J connectivity index is 1.79. The number of hydrogen-bond acceptors (Lipinski definition) is 6. The van der Waals surface area contributed by atoms with Crippen LogP contribution in [0.2, 0.25) is 0 Å². The lowest BCUT2D eigenvalue weighted by molar-refractivity contribution is -0.391. The van der Waals surface area contributed by atoms with Gasteiger partial charge in [-0.3, -0.25) is 4.79 Å². The Morgan fingerprint density at radius 1 is 1.33 bits per heavy atom. The van der Waals surface area contributed by atoms with E-state index in [1.54, 1.807) is 37.4 Å². The maximum Gasteiger partial charge on any atom is 0.368 e. The van der Waals surface area contributed by atoms with Crippen LogP contribution >= 0.6 is 0 Å². The highest BCUT2D eigenvalue weighted by molar-refractivity contribution is 5.94. The van der Waals surface area contributed by atoms with Crippen LogP contribution in [0.15, 0.2) is 42.6 Å². The Morgan fingerprint density at radius 2 is 2.17 bits per heavy atom. The lowest BCUT2D eigenvalue weighted by Crippen LogP contribution is -2.18. The first-order valence-corrected chi connectivity index (χ1v) is 7.12. The molecule has 2 heterocycles. The maximum absolute atomic E-state index is 11.6. The van der Waals surface area contributed by atoms with Gasteiger partial charge in [0.2, 0.25) is 5.65 Å². The summed E-state index contributed by atoms with van der Waals surface area (Å²) in [7, 11) is 1.57. The number of carbonyl (C=O) groups is 1. The standard InChI is InChI=1S/C15H14N6O3/c1-16-15(22)11-4-2-3-10(7-11)8-17-12-5-6-13-18-9-14(21(23)24)20(13)19-12/h2-7,9H,8H2,1H3,(H,16,22)(H,17,19). The number of nitrogens with zero attached hydrogens (tertiary/aromatic N) is 4. The minimum Gasteiger partial charge on any atom is -0.363 e. The SMILES string of the molecule is CNC(=O)c1cccc(CNc2ccc3ncc([N+](=O)[O-])n3n2)c1. The summed E-state index contributed by atoms with van der Waals surface area (Å²) in [4.78, 5) is 26.0. The molecule has 0 aliphatic rings. The zero-order chi connectivity index (χ0) is 17.1. The molecule has 3 aromatic rings. The molecule has 0 unspecified atom stereocenters. The van der Waals surface area contributed by atoms with E-state index in [1.165, 1.54) is 10.7 Å². The third kappa shape index (κ3) is 3.00. The Kier molecular flexibility index (Phi) is 4.06. The normalized spacial score (nSPS) is 10.5. The van der Waals surface area contributed by atoms with Gasteiger partial charge in [-0.1, -0.05) is 21.7 Å². The van der Waals surface area contributed by atoms with Crippen molar-refractivity contribution in [2.75, 3.05) is 12.4 Å². The van der Waals surface area contributed by atoms with E-state index in [9.17, 15) is 14.9 Å². The fraction of sp³-hybridized carbons (Fsp3) is 0.133. The van der Waals surface area contributed by atoms with Crippen molar-refractivity contribution in [3.8, 4) is 0 Å². The molecule has 0 aliphatic heterocycles. The molecule has 3 rings (SSSR count). The molecule has 0 fully saturated rings. The van der Waals surface area contributed by atoms with Gasteiger partial charge in [0.05, 0.1) is 0 Å². The minimum absolute atomic E-state index is 0.162. The third-order valence-corrected chi connectivity index (χ3v) is 3.42. The molecule has 9 heteroatoms. The molecule has 0 bridgehead atoms. The van der Waals surface area contributed by atoms with Gasteiger partial charge in [-0.2, -0.15) is 0 Å². The van der Waals surface area contributed by atoms with Crippen molar-refractivity contribution in [1.29, 1.82) is 0 Å². The van der Waals surface area contributed by atoms with Crippen molar-refractivity contribution in [1.82, 2.24) is 19.9 Å². The van der Waals surface area contributed by atoms with Gasteiger partial charge in [0.15, 0.2) is 5.82 Å². The van der Waals surface area contributed by atoms with Crippen LogP contribution < -0.4 is 10.6 Å². The molecular weight excluding hydrogens is 312 g/mol. The van der Waals surface area contributed by atoms with Crippen molar-refractivity contribution in [3.05, 3.63) is 63.8 Å². The van der Waals surface area contributed by atoms with Crippen LogP contribution in [0.3, 0.4) is 0 Å². The molecule has 1 aromatic carbocycles. The first kappa shape index (κ1) is 15.4. The second kappa shape index (κ2) is 6.32. The number of nitro groups is 1. The molecule has 0 atom stereocenters. The van der Waals surface area contributed by atoms with E-state index < -0.39 is 4.92 Å². The van der Waals surface area contributed by atoms with Crippen LogP contribution in [-0.2, 0) is 6.54 Å². The van der Waals surface area contributed by atoms with Crippen molar-refractivity contribution in [2.24, 2.45) is 0 Å². The van der Waals surface area contributed by atoms with E-state index in [0.717, 1.165) is 5.56 Å². The number of aromatic nitrogens is 3. The fourth-order valence-corrected chi connectivity index (χ4v) is 2.24. The number of carbonyl (C=O) groups excluding carboxylic acids is 1. The summed E-state index contributed by atoms with van der Waals surface area (Å²) in [6.07, 6.45) is 1.17. The molecule has 0 spiro atoms. The van der Waals surface area contributed by atoms with Gasteiger partial charge in [0.1, 0.15) is 6.20 Å². The van der Waals surface area contributed by atoms with Gasteiger partial charge in [0, 0.05) is 25.2 Å².